The summed E-state index contributed by atoms with van der Waals surface area (Å²) in [5, 5.41) is 6.51. The number of nitrogens with one attached hydrogen (secondary N) is 1. The first-order valence-electron chi connectivity index (χ1n) is 7.15. The van der Waals surface area contributed by atoms with Gasteiger partial charge in [-0.15, -0.1) is 0 Å². The third kappa shape index (κ3) is 2.38. The van der Waals surface area contributed by atoms with Gasteiger partial charge in [0, 0.05) is 5.56 Å². The lowest BCUT2D eigenvalue weighted by Gasteiger charge is -2.22. The number of halogens is 1. The summed E-state index contributed by atoms with van der Waals surface area (Å²) >= 11 is 0. The molecule has 0 aliphatic carbocycles. The minimum atomic E-state index is -1.22. The molecule has 3 rings (SSSR count). The lowest BCUT2D eigenvalue weighted by Crippen LogP contribution is -2.40. The fourth-order valence-electron chi connectivity index (χ4n) is 2.71. The number of aryl methyl sites for hydroxylation is 2. The number of amides is 3. The smallest absolute Gasteiger partial charge is 0.325 e. The van der Waals surface area contributed by atoms with Crippen molar-refractivity contribution in [1.82, 2.24) is 15.4 Å². The number of aromatic nitrogens is 1. The first kappa shape index (κ1) is 15.2. The van der Waals surface area contributed by atoms with E-state index in [1.807, 2.05) is 0 Å². The first-order valence-corrected chi connectivity index (χ1v) is 7.15. The predicted octanol–water partition coefficient (Wildman–Crippen LogP) is 2.40. The summed E-state index contributed by atoms with van der Waals surface area (Å²) in [6, 6.07) is 5.01. The third-order valence-corrected chi connectivity index (χ3v) is 4.19. The minimum absolute atomic E-state index is 0.0859. The van der Waals surface area contributed by atoms with E-state index in [-0.39, 0.29) is 6.54 Å². The second-order valence-electron chi connectivity index (χ2n) is 5.76. The number of urea groups is 1. The van der Waals surface area contributed by atoms with Crippen LogP contribution < -0.4 is 5.32 Å². The van der Waals surface area contributed by atoms with Gasteiger partial charge in [0.1, 0.15) is 17.1 Å². The zero-order chi connectivity index (χ0) is 16.8. The molecule has 0 bridgehead atoms. The molecule has 0 saturated carbocycles. The van der Waals surface area contributed by atoms with Crippen molar-refractivity contribution in [2.24, 2.45) is 0 Å². The Morgan fingerprint density at radius 2 is 1.91 bits per heavy atom. The van der Waals surface area contributed by atoms with Crippen molar-refractivity contribution >= 4 is 11.9 Å². The number of carbonyl (C=O) groups excluding carboxylic acids is 2. The lowest BCUT2D eigenvalue weighted by molar-refractivity contribution is -0.131. The van der Waals surface area contributed by atoms with Crippen LogP contribution >= 0.6 is 0 Å². The van der Waals surface area contributed by atoms with Crippen LogP contribution in [0.3, 0.4) is 0 Å². The Morgan fingerprint density at radius 3 is 2.48 bits per heavy atom. The molecule has 1 N–H and O–H groups in total. The van der Waals surface area contributed by atoms with Gasteiger partial charge in [-0.2, -0.15) is 0 Å². The fourth-order valence-corrected chi connectivity index (χ4v) is 2.71. The topological polar surface area (TPSA) is 75.4 Å². The van der Waals surface area contributed by atoms with E-state index < -0.39 is 23.3 Å². The van der Waals surface area contributed by atoms with E-state index in [2.05, 4.69) is 10.5 Å². The summed E-state index contributed by atoms with van der Waals surface area (Å²) in [6.07, 6.45) is 0. The largest absolute Gasteiger partial charge is 0.361 e. The summed E-state index contributed by atoms with van der Waals surface area (Å²) in [7, 11) is 0. The van der Waals surface area contributed by atoms with Gasteiger partial charge in [0.25, 0.3) is 5.91 Å². The van der Waals surface area contributed by atoms with Gasteiger partial charge in [-0.05, 0) is 38.5 Å². The van der Waals surface area contributed by atoms with Gasteiger partial charge in [0.2, 0.25) is 0 Å². The number of benzene rings is 1. The first-order chi connectivity index (χ1) is 10.8. The Kier molecular flexibility index (Phi) is 3.43. The van der Waals surface area contributed by atoms with Crippen molar-refractivity contribution in [2.75, 3.05) is 0 Å². The number of nitrogens with zero attached hydrogens (tertiary/aromatic N) is 2. The second kappa shape index (κ2) is 5.19. The third-order valence-electron chi connectivity index (χ3n) is 4.19. The number of hydrogen-bond acceptors (Lipinski definition) is 4. The quantitative estimate of drug-likeness (QED) is 0.882. The zero-order valence-electron chi connectivity index (χ0n) is 13.0. The molecule has 1 aromatic heterocycles. The van der Waals surface area contributed by atoms with Crippen molar-refractivity contribution in [3.63, 3.8) is 0 Å². The number of rotatable bonds is 3. The Hall–Kier alpha value is -2.70. The summed E-state index contributed by atoms with van der Waals surface area (Å²) < 4.78 is 18.2. The molecule has 1 unspecified atom stereocenters. The number of imide groups is 1. The molecule has 1 aliphatic heterocycles. The van der Waals surface area contributed by atoms with E-state index in [4.69, 9.17) is 4.52 Å². The molecule has 120 valence electrons. The van der Waals surface area contributed by atoms with Crippen molar-refractivity contribution in [1.29, 1.82) is 0 Å². The molecule has 1 atom stereocenters. The highest BCUT2D eigenvalue weighted by Gasteiger charge is 2.49. The molecule has 2 heterocycles. The van der Waals surface area contributed by atoms with Gasteiger partial charge in [-0.25, -0.2) is 9.18 Å². The fraction of sp³-hybridized carbons (Fsp3) is 0.312. The van der Waals surface area contributed by atoms with Crippen LogP contribution in [0.5, 0.6) is 0 Å². The summed E-state index contributed by atoms with van der Waals surface area (Å²) in [5.74, 6) is -0.228. The molecule has 1 aromatic carbocycles. The molecule has 0 radical (unpaired) electrons. The average Bonchev–Trinajstić information content (AvgIpc) is 2.93. The molecule has 3 amide bonds. The van der Waals surface area contributed by atoms with Gasteiger partial charge in [0.15, 0.2) is 0 Å². The maximum atomic E-state index is 13.1. The van der Waals surface area contributed by atoms with E-state index in [1.165, 1.54) is 24.3 Å². The maximum Gasteiger partial charge on any atom is 0.325 e. The zero-order valence-corrected chi connectivity index (χ0v) is 13.0. The Morgan fingerprint density at radius 1 is 1.26 bits per heavy atom. The van der Waals surface area contributed by atoms with Crippen molar-refractivity contribution < 1.29 is 18.5 Å². The molecule has 2 aromatic rings. The van der Waals surface area contributed by atoms with E-state index in [0.717, 1.165) is 4.90 Å². The number of hydrogen-bond donors (Lipinski definition) is 1. The highest BCUT2D eigenvalue weighted by molar-refractivity contribution is 6.07. The van der Waals surface area contributed by atoms with Crippen LogP contribution in [0.25, 0.3) is 0 Å². The summed E-state index contributed by atoms with van der Waals surface area (Å²) in [5.41, 5.74) is 0.651. The monoisotopic (exact) mass is 317 g/mol. The lowest BCUT2D eigenvalue weighted by atomic mass is 9.92. The van der Waals surface area contributed by atoms with Crippen molar-refractivity contribution in [3.8, 4) is 0 Å². The van der Waals surface area contributed by atoms with Crippen LogP contribution in [0.15, 0.2) is 28.8 Å². The molecule has 1 saturated heterocycles. The normalized spacial score (nSPS) is 21.0. The molecular weight excluding hydrogens is 301 g/mol. The Balaban J connectivity index is 1.92. The summed E-state index contributed by atoms with van der Waals surface area (Å²) in [4.78, 5) is 26.1. The van der Waals surface area contributed by atoms with Gasteiger partial charge in [-0.1, -0.05) is 17.3 Å². The van der Waals surface area contributed by atoms with Gasteiger partial charge in [0.05, 0.1) is 12.2 Å². The van der Waals surface area contributed by atoms with Crippen LogP contribution in [0.2, 0.25) is 0 Å². The van der Waals surface area contributed by atoms with Crippen LogP contribution in [0, 0.1) is 19.7 Å². The molecule has 1 fully saturated rings. The van der Waals surface area contributed by atoms with E-state index in [0.29, 0.717) is 22.6 Å². The highest BCUT2D eigenvalue weighted by atomic mass is 19.1. The van der Waals surface area contributed by atoms with E-state index in [1.54, 1.807) is 20.8 Å². The Bertz CT molecular complexity index is 765. The van der Waals surface area contributed by atoms with E-state index in [9.17, 15) is 14.0 Å². The molecule has 7 heteroatoms. The second-order valence-corrected chi connectivity index (χ2v) is 5.76. The van der Waals surface area contributed by atoms with E-state index >= 15 is 0 Å². The SMILES string of the molecule is Cc1noc(C)c1CN1C(=O)NC(C)(c2ccc(F)cc2)C1=O. The van der Waals surface area contributed by atoms with Gasteiger partial charge in [-0.3, -0.25) is 9.69 Å². The van der Waals surface area contributed by atoms with Crippen LogP contribution in [-0.4, -0.2) is 22.0 Å². The molecular formula is C16H16FN3O3. The van der Waals surface area contributed by atoms with Gasteiger partial charge >= 0.3 is 6.03 Å². The maximum absolute atomic E-state index is 13.1. The van der Waals surface area contributed by atoms with Crippen molar-refractivity contribution in [3.05, 3.63) is 52.7 Å². The number of carbonyl (C=O) groups is 2. The molecule has 6 nitrogen and oxygen atoms in total. The molecule has 1 aliphatic rings. The highest BCUT2D eigenvalue weighted by Crippen LogP contribution is 2.30. The molecule has 23 heavy (non-hydrogen) atoms. The van der Waals surface area contributed by atoms with Crippen LogP contribution in [0.1, 0.15) is 29.5 Å². The average molecular weight is 317 g/mol. The molecule has 0 spiro atoms. The van der Waals surface area contributed by atoms with Crippen molar-refractivity contribution in [2.45, 2.75) is 32.9 Å². The van der Waals surface area contributed by atoms with Crippen LogP contribution in [-0.2, 0) is 16.9 Å². The summed E-state index contributed by atoms with van der Waals surface area (Å²) in [6.45, 7) is 5.17. The standard InChI is InChI=1S/C16H16FN3O3/c1-9-13(10(2)23-19-9)8-20-14(21)16(3,18-15(20)22)11-4-6-12(17)7-5-11/h4-7H,8H2,1-3H3,(H,18,22). The Labute approximate surface area is 132 Å². The van der Waals surface area contributed by atoms with Crippen LogP contribution in [0.4, 0.5) is 9.18 Å². The predicted molar refractivity (Wildman–Crippen MR) is 78.8 cm³/mol. The minimum Gasteiger partial charge on any atom is -0.361 e. The van der Waals surface area contributed by atoms with Gasteiger partial charge < -0.3 is 9.84 Å².